The quantitative estimate of drug-likeness (QED) is 0.842. The van der Waals surface area contributed by atoms with Crippen molar-refractivity contribution in [2.24, 2.45) is 0 Å². The smallest absolute Gasteiger partial charge is 0.0759 e. The predicted octanol–water partition coefficient (Wildman–Crippen LogP) is 2.89. The van der Waals surface area contributed by atoms with Crippen LogP contribution in [0.1, 0.15) is 43.1 Å². The van der Waals surface area contributed by atoms with E-state index in [-0.39, 0.29) is 6.04 Å². The zero-order chi connectivity index (χ0) is 14.4. The average Bonchev–Trinajstić information content (AvgIpc) is 2.89. The van der Waals surface area contributed by atoms with Crippen LogP contribution in [-0.2, 0) is 13.0 Å². The molecule has 2 aromatic rings. The molecule has 0 fully saturated rings. The van der Waals surface area contributed by atoms with Crippen LogP contribution >= 0.6 is 0 Å². The van der Waals surface area contributed by atoms with Gasteiger partial charge in [0.25, 0.3) is 0 Å². The molecule has 0 bridgehead atoms. The van der Waals surface area contributed by atoms with Crippen LogP contribution in [0.15, 0.2) is 30.5 Å². The molecule has 1 aromatic heterocycles. The summed E-state index contributed by atoms with van der Waals surface area (Å²) in [7, 11) is 0. The number of benzene rings is 1. The Kier molecular flexibility index (Phi) is 5.30. The van der Waals surface area contributed by atoms with E-state index >= 15 is 0 Å². The maximum absolute atomic E-state index is 4.19. The molecule has 20 heavy (non-hydrogen) atoms. The molecule has 0 saturated heterocycles. The van der Waals surface area contributed by atoms with Crippen LogP contribution in [0.4, 0.5) is 0 Å². The Balaban J connectivity index is 2.17. The number of aromatic nitrogens is 3. The molecule has 0 radical (unpaired) electrons. The van der Waals surface area contributed by atoms with E-state index in [1.54, 1.807) is 0 Å². The fraction of sp³-hybridized carbons (Fsp3) is 0.500. The van der Waals surface area contributed by atoms with Gasteiger partial charge in [-0.2, -0.15) is 0 Å². The molecule has 4 nitrogen and oxygen atoms in total. The molecular formula is C16H24N4. The molecular weight excluding hydrogens is 248 g/mol. The summed E-state index contributed by atoms with van der Waals surface area (Å²) in [4.78, 5) is 0. The van der Waals surface area contributed by atoms with Gasteiger partial charge in [-0.1, -0.05) is 48.9 Å². The molecule has 0 aliphatic rings. The highest BCUT2D eigenvalue weighted by atomic mass is 15.4. The van der Waals surface area contributed by atoms with Gasteiger partial charge in [-0.15, -0.1) is 5.10 Å². The second kappa shape index (κ2) is 7.20. The number of hydrogen-bond donors (Lipinski definition) is 1. The number of nitrogens with zero attached hydrogens (tertiary/aromatic N) is 3. The van der Waals surface area contributed by atoms with Crippen molar-refractivity contribution in [3.63, 3.8) is 0 Å². The Morgan fingerprint density at radius 1 is 1.20 bits per heavy atom. The minimum atomic E-state index is 0.268. The summed E-state index contributed by atoms with van der Waals surface area (Å²) < 4.78 is 2.02. The van der Waals surface area contributed by atoms with Crippen LogP contribution in [-0.4, -0.2) is 21.5 Å². The molecule has 0 spiro atoms. The monoisotopic (exact) mass is 272 g/mol. The third kappa shape index (κ3) is 3.67. The van der Waals surface area contributed by atoms with Crippen molar-refractivity contribution in [1.82, 2.24) is 20.3 Å². The van der Waals surface area contributed by atoms with Gasteiger partial charge in [0.05, 0.1) is 17.9 Å². The van der Waals surface area contributed by atoms with Crippen molar-refractivity contribution in [3.05, 3.63) is 47.3 Å². The van der Waals surface area contributed by atoms with E-state index in [4.69, 9.17) is 0 Å². The lowest BCUT2D eigenvalue weighted by atomic mass is 10.0. The van der Waals surface area contributed by atoms with Crippen molar-refractivity contribution < 1.29 is 0 Å². The third-order valence-corrected chi connectivity index (χ3v) is 3.45. The van der Waals surface area contributed by atoms with Crippen LogP contribution in [0, 0.1) is 6.92 Å². The summed E-state index contributed by atoms with van der Waals surface area (Å²) in [6, 6.07) is 9.01. The Morgan fingerprint density at radius 2 is 1.95 bits per heavy atom. The highest BCUT2D eigenvalue weighted by Gasteiger charge is 2.16. The fourth-order valence-electron chi connectivity index (χ4n) is 2.41. The van der Waals surface area contributed by atoms with Gasteiger partial charge in [0.15, 0.2) is 0 Å². The maximum atomic E-state index is 4.19. The first-order chi connectivity index (χ1) is 9.74. The van der Waals surface area contributed by atoms with E-state index in [2.05, 4.69) is 60.7 Å². The summed E-state index contributed by atoms with van der Waals surface area (Å²) in [5, 5.41) is 11.8. The predicted molar refractivity (Wildman–Crippen MR) is 81.6 cm³/mol. The van der Waals surface area contributed by atoms with Crippen LogP contribution in [0.3, 0.4) is 0 Å². The molecule has 1 heterocycles. The first-order valence-corrected chi connectivity index (χ1v) is 7.41. The van der Waals surface area contributed by atoms with Gasteiger partial charge in [-0.05, 0) is 31.9 Å². The van der Waals surface area contributed by atoms with Crippen molar-refractivity contribution in [3.8, 4) is 0 Å². The lowest BCUT2D eigenvalue weighted by Gasteiger charge is -2.19. The molecule has 2 rings (SSSR count). The summed E-state index contributed by atoms with van der Waals surface area (Å²) in [5.74, 6) is 0. The summed E-state index contributed by atoms with van der Waals surface area (Å²) in [6.45, 7) is 8.27. The van der Waals surface area contributed by atoms with Gasteiger partial charge in [0.2, 0.25) is 0 Å². The van der Waals surface area contributed by atoms with Crippen LogP contribution in [0.25, 0.3) is 0 Å². The molecule has 1 unspecified atom stereocenters. The summed E-state index contributed by atoms with van der Waals surface area (Å²) >= 11 is 0. The lowest BCUT2D eigenvalue weighted by Crippen LogP contribution is -2.25. The molecule has 0 amide bonds. The van der Waals surface area contributed by atoms with Gasteiger partial charge in [0.1, 0.15) is 0 Å². The number of likely N-dealkylation sites (N-methyl/N-ethyl adjacent to an activating group) is 1. The Morgan fingerprint density at radius 3 is 2.60 bits per heavy atom. The highest BCUT2D eigenvalue weighted by molar-refractivity contribution is 5.23. The van der Waals surface area contributed by atoms with Crippen molar-refractivity contribution in [2.45, 2.75) is 46.2 Å². The van der Waals surface area contributed by atoms with E-state index in [0.717, 1.165) is 25.9 Å². The minimum absolute atomic E-state index is 0.268. The highest BCUT2D eigenvalue weighted by Crippen LogP contribution is 2.18. The molecule has 0 saturated carbocycles. The number of nitrogens with one attached hydrogen (secondary N) is 1. The first kappa shape index (κ1) is 14.7. The zero-order valence-corrected chi connectivity index (χ0v) is 12.6. The molecule has 1 aromatic carbocycles. The molecule has 0 aliphatic heterocycles. The first-order valence-electron chi connectivity index (χ1n) is 7.41. The molecule has 4 heteroatoms. The van der Waals surface area contributed by atoms with Crippen LogP contribution in [0.2, 0.25) is 0 Å². The minimum Gasteiger partial charge on any atom is -0.309 e. The van der Waals surface area contributed by atoms with Crippen LogP contribution in [0.5, 0.6) is 0 Å². The van der Waals surface area contributed by atoms with Crippen LogP contribution < -0.4 is 5.32 Å². The van der Waals surface area contributed by atoms with Crippen molar-refractivity contribution in [2.75, 3.05) is 6.54 Å². The summed E-state index contributed by atoms with van der Waals surface area (Å²) in [6.07, 6.45) is 3.92. The topological polar surface area (TPSA) is 42.7 Å². The molecule has 1 N–H and O–H groups in total. The maximum Gasteiger partial charge on any atom is 0.0759 e. The third-order valence-electron chi connectivity index (χ3n) is 3.45. The Hall–Kier alpha value is -1.68. The standard InChI is InChI=1S/C16H24N4/c1-4-10-20-16(12-18-19-20)15(17-5-2)11-14-8-6-13(3)7-9-14/h6-9,12,15,17H,4-5,10-11H2,1-3H3. The Bertz CT molecular complexity index is 516. The van der Waals surface area contributed by atoms with Gasteiger partial charge in [-0.3, -0.25) is 0 Å². The largest absolute Gasteiger partial charge is 0.309 e. The average molecular weight is 272 g/mol. The number of rotatable bonds is 7. The van der Waals surface area contributed by atoms with Crippen molar-refractivity contribution >= 4 is 0 Å². The molecule has 108 valence electrons. The SMILES string of the molecule is CCCn1nncc1C(Cc1ccc(C)cc1)NCC. The zero-order valence-electron chi connectivity index (χ0n) is 12.6. The normalized spacial score (nSPS) is 12.6. The van der Waals surface area contributed by atoms with E-state index in [9.17, 15) is 0 Å². The van der Waals surface area contributed by atoms with Gasteiger partial charge < -0.3 is 5.32 Å². The second-order valence-corrected chi connectivity index (χ2v) is 5.18. The van der Waals surface area contributed by atoms with E-state index in [1.165, 1.54) is 16.8 Å². The Labute approximate surface area is 121 Å². The number of aryl methyl sites for hydroxylation is 2. The van der Waals surface area contributed by atoms with E-state index in [0.29, 0.717) is 0 Å². The van der Waals surface area contributed by atoms with E-state index in [1.807, 2.05) is 10.9 Å². The van der Waals surface area contributed by atoms with Crippen molar-refractivity contribution in [1.29, 1.82) is 0 Å². The number of hydrogen-bond acceptors (Lipinski definition) is 3. The van der Waals surface area contributed by atoms with Gasteiger partial charge in [-0.25, -0.2) is 4.68 Å². The second-order valence-electron chi connectivity index (χ2n) is 5.18. The molecule has 1 atom stereocenters. The fourth-order valence-corrected chi connectivity index (χ4v) is 2.41. The van der Waals surface area contributed by atoms with Gasteiger partial charge >= 0.3 is 0 Å². The lowest BCUT2D eigenvalue weighted by molar-refractivity contribution is 0.474. The molecule has 0 aliphatic carbocycles. The van der Waals surface area contributed by atoms with E-state index < -0.39 is 0 Å². The summed E-state index contributed by atoms with van der Waals surface area (Å²) in [5.41, 5.74) is 3.81. The van der Waals surface area contributed by atoms with Gasteiger partial charge in [0, 0.05) is 6.54 Å².